The van der Waals surface area contributed by atoms with E-state index in [0.29, 0.717) is 34.9 Å². The lowest BCUT2D eigenvalue weighted by Gasteiger charge is -2.14. The minimum atomic E-state index is -0.445. The molecule has 0 aliphatic heterocycles. The van der Waals surface area contributed by atoms with E-state index in [1.54, 1.807) is 55.7 Å². The maximum atomic E-state index is 13.4. The summed E-state index contributed by atoms with van der Waals surface area (Å²) < 4.78 is 11.0. The van der Waals surface area contributed by atoms with E-state index in [4.69, 9.17) is 9.47 Å². The van der Waals surface area contributed by atoms with Gasteiger partial charge in [-0.1, -0.05) is 60.7 Å². The molecule has 0 saturated carbocycles. The van der Waals surface area contributed by atoms with E-state index in [-0.39, 0.29) is 11.6 Å². The summed E-state index contributed by atoms with van der Waals surface area (Å²) in [6.07, 6.45) is 1.61. The molecule has 2 N–H and O–H groups in total. The number of nitrogens with one attached hydrogen (secondary N) is 2. The predicted molar refractivity (Wildman–Crippen MR) is 139 cm³/mol. The molecule has 35 heavy (non-hydrogen) atoms. The van der Waals surface area contributed by atoms with Gasteiger partial charge in [-0.15, -0.1) is 0 Å². The van der Waals surface area contributed by atoms with Crippen LogP contribution in [0.5, 0.6) is 11.5 Å². The third-order valence-electron chi connectivity index (χ3n) is 5.37. The van der Waals surface area contributed by atoms with Crippen LogP contribution in [0.4, 0.5) is 5.69 Å². The lowest BCUT2D eigenvalue weighted by atomic mass is 10.1. The fourth-order valence-corrected chi connectivity index (χ4v) is 3.68. The van der Waals surface area contributed by atoms with E-state index in [0.717, 1.165) is 10.8 Å². The van der Waals surface area contributed by atoms with Crippen LogP contribution in [0, 0.1) is 0 Å². The van der Waals surface area contributed by atoms with Crippen LogP contribution >= 0.6 is 0 Å². The molecule has 0 radical (unpaired) electrons. The van der Waals surface area contributed by atoms with Crippen LogP contribution < -0.4 is 20.1 Å². The summed E-state index contributed by atoms with van der Waals surface area (Å²) in [5.41, 5.74) is 1.86. The molecule has 0 atom stereocenters. The van der Waals surface area contributed by atoms with Gasteiger partial charge in [0, 0.05) is 16.6 Å². The first-order valence-corrected chi connectivity index (χ1v) is 11.3. The second-order valence-electron chi connectivity index (χ2n) is 7.70. The number of fused-ring (bicyclic) bond motifs is 1. The van der Waals surface area contributed by atoms with Crippen molar-refractivity contribution in [3.8, 4) is 11.5 Å². The van der Waals surface area contributed by atoms with Crippen molar-refractivity contribution in [3.05, 3.63) is 108 Å². The van der Waals surface area contributed by atoms with Gasteiger partial charge in [0.2, 0.25) is 0 Å². The maximum Gasteiger partial charge on any atom is 0.272 e. The number of anilines is 1. The Balaban J connectivity index is 1.70. The van der Waals surface area contributed by atoms with Gasteiger partial charge in [-0.05, 0) is 54.3 Å². The highest BCUT2D eigenvalue weighted by Crippen LogP contribution is 2.29. The Labute approximate surface area is 204 Å². The molecule has 0 unspecified atom stereocenters. The van der Waals surface area contributed by atoms with Crippen molar-refractivity contribution >= 4 is 34.4 Å². The van der Waals surface area contributed by atoms with Crippen LogP contribution in [0.2, 0.25) is 0 Å². The lowest BCUT2D eigenvalue weighted by Crippen LogP contribution is -2.30. The molecular formula is C29H26N2O4. The number of carbonyl (C=O) groups excluding carboxylic acids is 2. The van der Waals surface area contributed by atoms with Gasteiger partial charge in [0.1, 0.15) is 5.70 Å². The van der Waals surface area contributed by atoms with Crippen molar-refractivity contribution in [1.82, 2.24) is 5.32 Å². The zero-order valence-corrected chi connectivity index (χ0v) is 19.6. The standard InChI is InChI=1S/C29H26N2O4/c1-3-35-27-19-20(16-17-26(27)34-2)18-25(31-28(32)22-11-5-4-6-12-22)29(33)30-24-15-9-13-21-10-7-8-14-23(21)24/h4-19H,3H2,1-2H3,(H,30,33)(H,31,32)/b25-18-. The molecule has 0 bridgehead atoms. The largest absolute Gasteiger partial charge is 0.493 e. The first-order chi connectivity index (χ1) is 17.1. The molecule has 0 heterocycles. The molecule has 0 fully saturated rings. The number of rotatable bonds is 8. The molecule has 4 aromatic carbocycles. The Morgan fingerprint density at radius 2 is 1.60 bits per heavy atom. The maximum absolute atomic E-state index is 13.4. The molecule has 0 spiro atoms. The van der Waals surface area contributed by atoms with Crippen LogP contribution in [0.1, 0.15) is 22.8 Å². The zero-order valence-electron chi connectivity index (χ0n) is 19.6. The second-order valence-corrected chi connectivity index (χ2v) is 7.70. The summed E-state index contributed by atoms with van der Waals surface area (Å²) in [4.78, 5) is 26.3. The number of benzene rings is 4. The third kappa shape index (κ3) is 5.68. The first-order valence-electron chi connectivity index (χ1n) is 11.3. The number of amides is 2. The highest BCUT2D eigenvalue weighted by molar-refractivity contribution is 6.13. The number of carbonyl (C=O) groups is 2. The second kappa shape index (κ2) is 11.0. The van der Waals surface area contributed by atoms with Gasteiger partial charge < -0.3 is 20.1 Å². The Bertz CT molecular complexity index is 1370. The Kier molecular flexibility index (Phi) is 7.43. The van der Waals surface area contributed by atoms with Crippen LogP contribution in [-0.4, -0.2) is 25.5 Å². The summed E-state index contributed by atoms with van der Waals surface area (Å²) >= 11 is 0. The number of hydrogen-bond acceptors (Lipinski definition) is 4. The van der Waals surface area contributed by atoms with E-state index in [1.165, 1.54) is 0 Å². The van der Waals surface area contributed by atoms with Crippen molar-refractivity contribution in [2.24, 2.45) is 0 Å². The minimum absolute atomic E-state index is 0.0967. The molecule has 0 aliphatic carbocycles. The molecule has 6 heteroatoms. The minimum Gasteiger partial charge on any atom is -0.493 e. The van der Waals surface area contributed by atoms with Crippen molar-refractivity contribution < 1.29 is 19.1 Å². The van der Waals surface area contributed by atoms with Crippen molar-refractivity contribution in [3.63, 3.8) is 0 Å². The molecular weight excluding hydrogens is 440 g/mol. The average Bonchev–Trinajstić information content (AvgIpc) is 2.89. The van der Waals surface area contributed by atoms with Crippen LogP contribution in [0.25, 0.3) is 16.8 Å². The summed E-state index contributed by atoms with van der Waals surface area (Å²) in [7, 11) is 1.57. The monoisotopic (exact) mass is 466 g/mol. The van der Waals surface area contributed by atoms with E-state index in [2.05, 4.69) is 10.6 Å². The van der Waals surface area contributed by atoms with E-state index < -0.39 is 5.91 Å². The fraction of sp³-hybridized carbons (Fsp3) is 0.103. The summed E-state index contributed by atoms with van der Waals surface area (Å²) in [6, 6.07) is 27.5. The first kappa shape index (κ1) is 23.6. The van der Waals surface area contributed by atoms with Gasteiger partial charge in [-0.25, -0.2) is 0 Å². The molecule has 0 saturated heterocycles. The molecule has 0 aromatic heterocycles. The topological polar surface area (TPSA) is 76.7 Å². The third-order valence-corrected chi connectivity index (χ3v) is 5.37. The number of ether oxygens (including phenoxy) is 2. The molecule has 4 aromatic rings. The van der Waals surface area contributed by atoms with Crippen molar-refractivity contribution in [2.45, 2.75) is 6.92 Å². The fourth-order valence-electron chi connectivity index (χ4n) is 3.68. The lowest BCUT2D eigenvalue weighted by molar-refractivity contribution is -0.113. The highest BCUT2D eigenvalue weighted by Gasteiger charge is 2.16. The zero-order chi connectivity index (χ0) is 24.6. The average molecular weight is 467 g/mol. The molecule has 4 rings (SSSR count). The Morgan fingerprint density at radius 1 is 0.857 bits per heavy atom. The summed E-state index contributed by atoms with van der Waals surface area (Å²) in [5, 5.41) is 7.62. The predicted octanol–water partition coefficient (Wildman–Crippen LogP) is 5.66. The number of hydrogen-bond donors (Lipinski definition) is 2. The van der Waals surface area contributed by atoms with E-state index >= 15 is 0 Å². The van der Waals surface area contributed by atoms with E-state index in [9.17, 15) is 9.59 Å². The van der Waals surface area contributed by atoms with Gasteiger partial charge >= 0.3 is 0 Å². The smallest absolute Gasteiger partial charge is 0.272 e. The highest BCUT2D eigenvalue weighted by atomic mass is 16.5. The van der Waals surface area contributed by atoms with Gasteiger partial charge in [0.15, 0.2) is 11.5 Å². The van der Waals surface area contributed by atoms with Crippen LogP contribution in [-0.2, 0) is 4.79 Å². The van der Waals surface area contributed by atoms with Gasteiger partial charge in [0.25, 0.3) is 11.8 Å². The van der Waals surface area contributed by atoms with Gasteiger partial charge in [0.05, 0.1) is 13.7 Å². The molecule has 6 nitrogen and oxygen atoms in total. The van der Waals surface area contributed by atoms with Crippen LogP contribution in [0.3, 0.4) is 0 Å². The molecule has 2 amide bonds. The summed E-state index contributed by atoms with van der Waals surface area (Å²) in [6.45, 7) is 2.34. The van der Waals surface area contributed by atoms with Crippen LogP contribution in [0.15, 0.2) is 96.7 Å². The Hall–Kier alpha value is -4.58. The normalized spacial score (nSPS) is 11.1. The SMILES string of the molecule is CCOc1cc(/C=C(\NC(=O)c2ccccc2)C(=O)Nc2cccc3ccccc23)ccc1OC. The molecule has 0 aliphatic rings. The summed E-state index contributed by atoms with van der Waals surface area (Å²) in [5.74, 6) is 0.300. The van der Waals surface area contributed by atoms with Crippen molar-refractivity contribution in [1.29, 1.82) is 0 Å². The number of methoxy groups -OCH3 is 1. The Morgan fingerprint density at radius 3 is 2.37 bits per heavy atom. The van der Waals surface area contributed by atoms with Gasteiger partial charge in [-0.2, -0.15) is 0 Å². The molecule has 176 valence electrons. The van der Waals surface area contributed by atoms with Crippen molar-refractivity contribution in [2.75, 3.05) is 19.0 Å². The van der Waals surface area contributed by atoms with Gasteiger partial charge in [-0.3, -0.25) is 9.59 Å². The van der Waals surface area contributed by atoms with E-state index in [1.807, 2.05) is 55.5 Å². The quantitative estimate of drug-likeness (QED) is 0.329.